The molecule has 2 aromatic heterocycles. The third-order valence-corrected chi connectivity index (χ3v) is 3.26. The number of H-pyrrole nitrogens is 1. The van der Waals surface area contributed by atoms with E-state index < -0.39 is 0 Å². The van der Waals surface area contributed by atoms with Gasteiger partial charge in [-0.05, 0) is 38.1 Å². The maximum atomic E-state index is 4.31. The van der Waals surface area contributed by atoms with Crippen LogP contribution in [0.4, 0.5) is 5.82 Å². The topological polar surface area (TPSA) is 65.6 Å². The second kappa shape index (κ2) is 5.18. The van der Waals surface area contributed by atoms with Gasteiger partial charge in [0, 0.05) is 30.1 Å². The average molecular weight is 243 g/mol. The number of nitrogens with zero attached hydrogens (tertiary/aromatic N) is 2. The quantitative estimate of drug-likeness (QED) is 0.766. The molecule has 0 unspecified atom stereocenters. The highest BCUT2D eigenvalue weighted by Gasteiger charge is 2.13. The highest BCUT2D eigenvalue weighted by atomic mass is 15.2. The van der Waals surface area contributed by atoms with Crippen molar-refractivity contribution in [2.75, 3.05) is 18.4 Å². The average Bonchev–Trinajstić information content (AvgIpc) is 2.89. The van der Waals surface area contributed by atoms with Crippen molar-refractivity contribution in [3.63, 3.8) is 0 Å². The van der Waals surface area contributed by atoms with E-state index in [4.69, 9.17) is 0 Å². The molecule has 3 heterocycles. The summed E-state index contributed by atoms with van der Waals surface area (Å²) in [5.74, 6) is 0.925. The summed E-state index contributed by atoms with van der Waals surface area (Å²) in [5, 5.41) is 14.2. The van der Waals surface area contributed by atoms with E-state index in [9.17, 15) is 0 Å². The molecule has 1 aliphatic rings. The van der Waals surface area contributed by atoms with Crippen LogP contribution in [0, 0.1) is 0 Å². The molecule has 94 valence electrons. The van der Waals surface area contributed by atoms with Gasteiger partial charge in [-0.25, -0.2) is 0 Å². The lowest BCUT2D eigenvalue weighted by Crippen LogP contribution is -2.35. The highest BCUT2D eigenvalue weighted by molar-refractivity contribution is 5.62. The molecule has 1 saturated heterocycles. The molecule has 0 aromatic carbocycles. The Hall–Kier alpha value is -1.88. The molecule has 1 aliphatic heterocycles. The van der Waals surface area contributed by atoms with E-state index in [2.05, 4.69) is 31.9 Å². The zero-order valence-electron chi connectivity index (χ0n) is 10.2. The summed E-state index contributed by atoms with van der Waals surface area (Å²) in [6.45, 7) is 2.17. The molecule has 3 N–H and O–H groups in total. The minimum atomic E-state index is 0.528. The summed E-state index contributed by atoms with van der Waals surface area (Å²) in [6.07, 6.45) is 5.88. The fraction of sp³-hybridized carbons (Fsp3) is 0.385. The fourth-order valence-electron chi connectivity index (χ4n) is 2.25. The summed E-state index contributed by atoms with van der Waals surface area (Å²) in [5.41, 5.74) is 2.13. The summed E-state index contributed by atoms with van der Waals surface area (Å²) in [6, 6.07) is 6.53. The predicted molar refractivity (Wildman–Crippen MR) is 71.3 cm³/mol. The van der Waals surface area contributed by atoms with Crippen molar-refractivity contribution in [1.29, 1.82) is 0 Å². The Balaban J connectivity index is 1.69. The predicted octanol–water partition coefficient (Wildman–Crippen LogP) is 1.64. The molecule has 5 nitrogen and oxygen atoms in total. The Kier molecular flexibility index (Phi) is 3.23. The first-order valence-corrected chi connectivity index (χ1v) is 6.35. The minimum Gasteiger partial charge on any atom is -0.366 e. The summed E-state index contributed by atoms with van der Waals surface area (Å²) in [4.78, 5) is 4.01. The number of pyridine rings is 1. The van der Waals surface area contributed by atoms with Crippen LogP contribution in [0.2, 0.25) is 0 Å². The largest absolute Gasteiger partial charge is 0.366 e. The summed E-state index contributed by atoms with van der Waals surface area (Å²) >= 11 is 0. The van der Waals surface area contributed by atoms with Crippen LogP contribution >= 0.6 is 0 Å². The summed E-state index contributed by atoms with van der Waals surface area (Å²) in [7, 11) is 0. The molecule has 0 bridgehead atoms. The molecule has 0 aliphatic carbocycles. The van der Waals surface area contributed by atoms with E-state index >= 15 is 0 Å². The molecule has 2 aromatic rings. The van der Waals surface area contributed by atoms with Crippen molar-refractivity contribution in [3.05, 3.63) is 30.6 Å². The van der Waals surface area contributed by atoms with E-state index in [0.717, 1.165) is 43.0 Å². The van der Waals surface area contributed by atoms with Gasteiger partial charge in [-0.15, -0.1) is 0 Å². The van der Waals surface area contributed by atoms with Gasteiger partial charge in [0.2, 0.25) is 0 Å². The molecule has 0 spiro atoms. The number of aromatic nitrogens is 3. The van der Waals surface area contributed by atoms with Crippen LogP contribution in [0.1, 0.15) is 12.8 Å². The molecular formula is C13H17N5. The number of hydrogen-bond acceptors (Lipinski definition) is 4. The number of nitrogens with one attached hydrogen (secondary N) is 3. The first-order valence-electron chi connectivity index (χ1n) is 6.35. The zero-order valence-corrected chi connectivity index (χ0v) is 10.2. The van der Waals surface area contributed by atoms with Crippen LogP contribution in [-0.4, -0.2) is 34.3 Å². The molecular weight excluding hydrogens is 226 g/mol. The Morgan fingerprint density at radius 2 is 1.94 bits per heavy atom. The van der Waals surface area contributed by atoms with Gasteiger partial charge in [0.1, 0.15) is 5.82 Å². The van der Waals surface area contributed by atoms with Crippen molar-refractivity contribution in [1.82, 2.24) is 20.5 Å². The number of hydrogen-bond donors (Lipinski definition) is 3. The summed E-state index contributed by atoms with van der Waals surface area (Å²) < 4.78 is 0. The number of aromatic amines is 1. The minimum absolute atomic E-state index is 0.528. The van der Waals surface area contributed by atoms with Crippen molar-refractivity contribution >= 4 is 5.82 Å². The Morgan fingerprint density at radius 3 is 2.72 bits per heavy atom. The van der Waals surface area contributed by atoms with Crippen molar-refractivity contribution < 1.29 is 0 Å². The monoisotopic (exact) mass is 243 g/mol. The SMILES string of the molecule is c1cc(-c2cc(NC3CCNCC3)n[nH]2)ccn1. The smallest absolute Gasteiger partial charge is 0.148 e. The third-order valence-electron chi connectivity index (χ3n) is 3.26. The van der Waals surface area contributed by atoms with Crippen LogP contribution < -0.4 is 10.6 Å². The normalized spacial score (nSPS) is 16.7. The lowest BCUT2D eigenvalue weighted by molar-refractivity contribution is 0.478. The molecule has 5 heteroatoms. The second-order valence-corrected chi connectivity index (χ2v) is 4.57. The van der Waals surface area contributed by atoms with Gasteiger partial charge in [-0.2, -0.15) is 5.10 Å². The van der Waals surface area contributed by atoms with Gasteiger partial charge >= 0.3 is 0 Å². The Labute approximate surface area is 106 Å². The van der Waals surface area contributed by atoms with Gasteiger partial charge in [0.25, 0.3) is 0 Å². The van der Waals surface area contributed by atoms with Crippen molar-refractivity contribution in [3.8, 4) is 11.3 Å². The van der Waals surface area contributed by atoms with Crippen LogP contribution in [0.15, 0.2) is 30.6 Å². The maximum Gasteiger partial charge on any atom is 0.148 e. The van der Waals surface area contributed by atoms with Crippen LogP contribution in [-0.2, 0) is 0 Å². The second-order valence-electron chi connectivity index (χ2n) is 4.57. The van der Waals surface area contributed by atoms with E-state index in [1.54, 1.807) is 12.4 Å². The van der Waals surface area contributed by atoms with Crippen LogP contribution in [0.3, 0.4) is 0 Å². The van der Waals surface area contributed by atoms with Gasteiger partial charge in [0.05, 0.1) is 5.69 Å². The fourth-order valence-corrected chi connectivity index (χ4v) is 2.25. The van der Waals surface area contributed by atoms with Crippen molar-refractivity contribution in [2.45, 2.75) is 18.9 Å². The van der Waals surface area contributed by atoms with Gasteiger partial charge in [-0.1, -0.05) is 0 Å². The highest BCUT2D eigenvalue weighted by Crippen LogP contribution is 2.20. The lowest BCUT2D eigenvalue weighted by atomic mass is 10.1. The number of piperidine rings is 1. The standard InChI is InChI=1S/C13H17N5/c1-5-14-6-2-10(1)12-9-13(18-17-12)16-11-3-7-15-8-4-11/h1-2,5-6,9,11,15H,3-4,7-8H2,(H2,16,17,18). The Bertz CT molecular complexity index is 487. The molecule has 0 saturated carbocycles. The molecule has 3 rings (SSSR count). The number of anilines is 1. The van der Waals surface area contributed by atoms with Crippen molar-refractivity contribution in [2.24, 2.45) is 0 Å². The van der Waals surface area contributed by atoms with E-state index in [1.807, 2.05) is 12.1 Å². The van der Waals surface area contributed by atoms with E-state index in [-0.39, 0.29) is 0 Å². The van der Waals surface area contributed by atoms with Gasteiger partial charge in [-0.3, -0.25) is 10.1 Å². The molecule has 0 amide bonds. The first kappa shape index (κ1) is 11.2. The van der Waals surface area contributed by atoms with Gasteiger partial charge in [0.15, 0.2) is 0 Å². The molecule has 0 radical (unpaired) electrons. The maximum absolute atomic E-state index is 4.31. The van der Waals surface area contributed by atoms with Crippen LogP contribution in [0.25, 0.3) is 11.3 Å². The van der Waals surface area contributed by atoms with Crippen LogP contribution in [0.5, 0.6) is 0 Å². The first-order chi connectivity index (χ1) is 8.92. The third kappa shape index (κ3) is 2.51. The zero-order chi connectivity index (χ0) is 12.2. The van der Waals surface area contributed by atoms with E-state index in [1.165, 1.54) is 0 Å². The van der Waals surface area contributed by atoms with Gasteiger partial charge < -0.3 is 10.6 Å². The molecule has 0 atom stereocenters. The Morgan fingerprint density at radius 1 is 1.17 bits per heavy atom. The molecule has 18 heavy (non-hydrogen) atoms. The lowest BCUT2D eigenvalue weighted by Gasteiger charge is -2.23. The van der Waals surface area contributed by atoms with E-state index in [0.29, 0.717) is 6.04 Å². The number of rotatable bonds is 3. The molecule has 1 fully saturated rings.